The van der Waals surface area contributed by atoms with Crippen LogP contribution in [-0.2, 0) is 0 Å². The van der Waals surface area contributed by atoms with Crippen LogP contribution in [0.4, 0.5) is 0 Å². The number of hydrogen-bond acceptors (Lipinski definition) is 2. The van der Waals surface area contributed by atoms with Crippen molar-refractivity contribution in [3.63, 3.8) is 0 Å². The minimum absolute atomic E-state index is 0.761. The summed E-state index contributed by atoms with van der Waals surface area (Å²) >= 11 is 0. The Morgan fingerprint density at radius 1 is 1.00 bits per heavy atom. The van der Waals surface area contributed by atoms with E-state index in [4.69, 9.17) is 11.5 Å². The zero-order valence-corrected chi connectivity index (χ0v) is 11.3. The number of hydrogen-bond donors (Lipinski definition) is 2. The number of allylic oxidation sites excluding steroid dienone is 3. The number of rotatable bonds is 6. The lowest BCUT2D eigenvalue weighted by Crippen LogP contribution is -2.10. The van der Waals surface area contributed by atoms with E-state index in [1.807, 2.05) is 0 Å². The SMILES string of the molecule is CC(=C(N)C(CCCN)=C(C)C1CC1)C1CC1. The molecule has 2 fully saturated rings. The van der Waals surface area contributed by atoms with E-state index in [9.17, 15) is 0 Å². The van der Waals surface area contributed by atoms with E-state index in [-0.39, 0.29) is 0 Å². The third kappa shape index (κ3) is 3.12. The van der Waals surface area contributed by atoms with E-state index in [0.29, 0.717) is 0 Å². The van der Waals surface area contributed by atoms with Crippen LogP contribution in [0.2, 0.25) is 0 Å². The van der Waals surface area contributed by atoms with Crippen molar-refractivity contribution < 1.29 is 0 Å². The van der Waals surface area contributed by atoms with Crippen molar-refractivity contribution in [3.05, 3.63) is 22.4 Å². The van der Waals surface area contributed by atoms with Crippen LogP contribution in [0.15, 0.2) is 22.4 Å². The summed E-state index contributed by atoms with van der Waals surface area (Å²) in [5.74, 6) is 1.59. The maximum absolute atomic E-state index is 6.39. The van der Waals surface area contributed by atoms with Gasteiger partial charge in [-0.3, -0.25) is 0 Å². The molecule has 0 atom stereocenters. The van der Waals surface area contributed by atoms with Gasteiger partial charge in [-0.1, -0.05) is 5.57 Å². The van der Waals surface area contributed by atoms with Crippen molar-refractivity contribution in [3.8, 4) is 0 Å². The molecule has 2 aliphatic carbocycles. The minimum Gasteiger partial charge on any atom is -0.399 e. The van der Waals surface area contributed by atoms with Gasteiger partial charge in [-0.05, 0) is 81.9 Å². The van der Waals surface area contributed by atoms with Gasteiger partial charge in [-0.2, -0.15) is 0 Å². The van der Waals surface area contributed by atoms with E-state index < -0.39 is 0 Å². The molecule has 0 heterocycles. The largest absolute Gasteiger partial charge is 0.399 e. The second kappa shape index (κ2) is 5.26. The van der Waals surface area contributed by atoms with Crippen LogP contribution in [0.1, 0.15) is 52.4 Å². The maximum atomic E-state index is 6.39. The first kappa shape index (κ1) is 12.7. The summed E-state index contributed by atoms with van der Waals surface area (Å²) in [7, 11) is 0. The zero-order chi connectivity index (χ0) is 12.4. The predicted molar refractivity (Wildman–Crippen MR) is 73.3 cm³/mol. The standard InChI is InChI=1S/C15H26N2/c1-10(12-5-6-12)14(4-3-9-16)15(17)11(2)13-7-8-13/h12-13H,3-9,16-17H2,1-2H3. The van der Waals surface area contributed by atoms with Crippen LogP contribution in [0.5, 0.6) is 0 Å². The number of nitrogens with two attached hydrogens (primary N) is 2. The molecule has 2 saturated carbocycles. The highest BCUT2D eigenvalue weighted by Crippen LogP contribution is 2.42. The maximum Gasteiger partial charge on any atom is 0.0338 e. The summed E-state index contributed by atoms with van der Waals surface area (Å²) in [5, 5.41) is 0. The van der Waals surface area contributed by atoms with E-state index in [1.54, 1.807) is 0 Å². The van der Waals surface area contributed by atoms with Crippen molar-refractivity contribution in [2.45, 2.75) is 52.4 Å². The lowest BCUT2D eigenvalue weighted by atomic mass is 9.94. The Bertz CT molecular complexity index is 344. The molecule has 0 aromatic rings. The molecular weight excluding hydrogens is 208 g/mol. The average molecular weight is 234 g/mol. The molecule has 0 spiro atoms. The first-order valence-corrected chi connectivity index (χ1v) is 7.01. The van der Waals surface area contributed by atoms with Gasteiger partial charge in [0.15, 0.2) is 0 Å². The molecule has 0 aromatic carbocycles. The molecule has 0 radical (unpaired) electrons. The second-order valence-electron chi connectivity index (χ2n) is 5.70. The molecule has 96 valence electrons. The zero-order valence-electron chi connectivity index (χ0n) is 11.3. The molecular formula is C15H26N2. The molecule has 2 heteroatoms. The first-order chi connectivity index (χ1) is 8.15. The Labute approximate surface area is 105 Å². The Balaban J connectivity index is 2.19. The molecule has 0 unspecified atom stereocenters. The fourth-order valence-electron chi connectivity index (χ4n) is 2.56. The Kier molecular flexibility index (Phi) is 3.93. The molecule has 0 aromatic heterocycles. The van der Waals surface area contributed by atoms with Crippen molar-refractivity contribution in [2.24, 2.45) is 23.3 Å². The third-order valence-corrected chi connectivity index (χ3v) is 4.24. The van der Waals surface area contributed by atoms with Gasteiger partial charge < -0.3 is 11.5 Å². The normalized spacial score (nSPS) is 23.2. The molecule has 2 nitrogen and oxygen atoms in total. The van der Waals surface area contributed by atoms with Gasteiger partial charge in [-0.15, -0.1) is 0 Å². The Morgan fingerprint density at radius 2 is 1.53 bits per heavy atom. The van der Waals surface area contributed by atoms with Crippen LogP contribution in [0, 0.1) is 11.8 Å². The summed E-state index contributed by atoms with van der Waals surface area (Å²) in [5.41, 5.74) is 17.5. The van der Waals surface area contributed by atoms with Crippen molar-refractivity contribution in [1.82, 2.24) is 0 Å². The van der Waals surface area contributed by atoms with E-state index in [2.05, 4.69) is 13.8 Å². The van der Waals surface area contributed by atoms with Gasteiger partial charge >= 0.3 is 0 Å². The molecule has 0 saturated heterocycles. The highest BCUT2D eigenvalue weighted by Gasteiger charge is 2.29. The lowest BCUT2D eigenvalue weighted by Gasteiger charge is -2.15. The van der Waals surface area contributed by atoms with Crippen molar-refractivity contribution in [1.29, 1.82) is 0 Å². The summed E-state index contributed by atoms with van der Waals surface area (Å²) in [4.78, 5) is 0. The van der Waals surface area contributed by atoms with Crippen molar-refractivity contribution >= 4 is 0 Å². The van der Waals surface area contributed by atoms with Gasteiger partial charge in [0, 0.05) is 5.70 Å². The average Bonchev–Trinajstić information content (AvgIpc) is 3.20. The van der Waals surface area contributed by atoms with Gasteiger partial charge in [0.25, 0.3) is 0 Å². The highest BCUT2D eigenvalue weighted by molar-refractivity contribution is 5.39. The van der Waals surface area contributed by atoms with Gasteiger partial charge in [0.2, 0.25) is 0 Å². The summed E-state index contributed by atoms with van der Waals surface area (Å²) in [6, 6.07) is 0. The van der Waals surface area contributed by atoms with Crippen molar-refractivity contribution in [2.75, 3.05) is 6.54 Å². The van der Waals surface area contributed by atoms with E-state index in [0.717, 1.165) is 36.9 Å². The summed E-state index contributed by atoms with van der Waals surface area (Å²) in [6.07, 6.45) is 7.49. The van der Waals surface area contributed by atoms with Crippen LogP contribution in [-0.4, -0.2) is 6.54 Å². The minimum atomic E-state index is 0.761. The predicted octanol–water partition coefficient (Wildman–Crippen LogP) is 3.09. The van der Waals surface area contributed by atoms with E-state index >= 15 is 0 Å². The molecule has 0 bridgehead atoms. The lowest BCUT2D eigenvalue weighted by molar-refractivity contribution is 0.795. The van der Waals surface area contributed by atoms with Crippen LogP contribution in [0.3, 0.4) is 0 Å². The molecule has 17 heavy (non-hydrogen) atoms. The van der Waals surface area contributed by atoms with Crippen LogP contribution >= 0.6 is 0 Å². The topological polar surface area (TPSA) is 52.0 Å². The third-order valence-electron chi connectivity index (χ3n) is 4.24. The molecule has 0 aliphatic heterocycles. The summed E-state index contributed by atoms with van der Waals surface area (Å²) in [6.45, 7) is 5.25. The fraction of sp³-hybridized carbons (Fsp3) is 0.733. The van der Waals surface area contributed by atoms with Gasteiger partial charge in [0.05, 0.1) is 0 Å². The van der Waals surface area contributed by atoms with E-state index in [1.165, 1.54) is 42.4 Å². The molecule has 2 aliphatic rings. The Morgan fingerprint density at radius 3 is 2.00 bits per heavy atom. The van der Waals surface area contributed by atoms with Crippen LogP contribution < -0.4 is 11.5 Å². The quantitative estimate of drug-likeness (QED) is 0.694. The smallest absolute Gasteiger partial charge is 0.0338 e. The van der Waals surface area contributed by atoms with Crippen LogP contribution in [0.25, 0.3) is 0 Å². The Hall–Kier alpha value is -0.760. The highest BCUT2D eigenvalue weighted by atomic mass is 14.6. The summed E-state index contributed by atoms with van der Waals surface area (Å²) < 4.78 is 0. The fourth-order valence-corrected chi connectivity index (χ4v) is 2.56. The monoisotopic (exact) mass is 234 g/mol. The van der Waals surface area contributed by atoms with Gasteiger partial charge in [-0.25, -0.2) is 0 Å². The first-order valence-electron chi connectivity index (χ1n) is 7.01. The molecule has 0 amide bonds. The molecule has 2 rings (SSSR count). The van der Waals surface area contributed by atoms with Gasteiger partial charge in [0.1, 0.15) is 0 Å². The second-order valence-corrected chi connectivity index (χ2v) is 5.70. The molecule has 4 N–H and O–H groups in total.